The first kappa shape index (κ1) is 21.7. The molecule has 1 atom stereocenters. The number of ketones is 1. The first-order chi connectivity index (χ1) is 16.4. The van der Waals surface area contributed by atoms with Crippen molar-refractivity contribution in [3.63, 3.8) is 0 Å². The molecule has 1 aliphatic rings. The molecule has 34 heavy (non-hydrogen) atoms. The van der Waals surface area contributed by atoms with Crippen LogP contribution >= 0.6 is 11.3 Å². The zero-order valence-corrected chi connectivity index (χ0v) is 19.2. The number of imidazole rings is 1. The van der Waals surface area contributed by atoms with Crippen LogP contribution in [0.4, 0.5) is 5.95 Å². The average Bonchev–Trinajstić information content (AvgIpc) is 3.54. The van der Waals surface area contributed by atoms with E-state index >= 15 is 0 Å². The third-order valence-electron chi connectivity index (χ3n) is 5.65. The van der Waals surface area contributed by atoms with Gasteiger partial charge in [-0.05, 0) is 60.7 Å². The predicted molar refractivity (Wildman–Crippen MR) is 129 cm³/mol. The van der Waals surface area contributed by atoms with Crippen LogP contribution in [-0.4, -0.2) is 38.5 Å². The molecule has 3 N–H and O–H groups in total. The molecule has 0 saturated heterocycles. The molecule has 1 amide bonds. The van der Waals surface area contributed by atoms with Gasteiger partial charge in [0, 0.05) is 0 Å². The molecule has 4 aromatic rings. The van der Waals surface area contributed by atoms with Gasteiger partial charge in [-0.3, -0.25) is 14.5 Å². The van der Waals surface area contributed by atoms with Gasteiger partial charge >= 0.3 is 0 Å². The topological polar surface area (TPSA) is 116 Å². The number of rotatable bonds is 6. The van der Waals surface area contributed by atoms with Crippen LogP contribution in [0.3, 0.4) is 0 Å². The number of anilines is 1. The van der Waals surface area contributed by atoms with E-state index in [9.17, 15) is 19.8 Å². The number of benzene rings is 2. The van der Waals surface area contributed by atoms with Crippen molar-refractivity contribution in [1.82, 2.24) is 9.97 Å². The third kappa shape index (κ3) is 3.50. The van der Waals surface area contributed by atoms with E-state index in [1.165, 1.54) is 22.3 Å². The van der Waals surface area contributed by atoms with Crippen LogP contribution in [0.25, 0.3) is 11.0 Å². The van der Waals surface area contributed by atoms with Gasteiger partial charge in [0.25, 0.3) is 5.91 Å². The number of aromatic hydroxyl groups is 1. The van der Waals surface area contributed by atoms with Crippen molar-refractivity contribution in [2.75, 3.05) is 11.5 Å². The molecule has 1 aliphatic heterocycles. The molecule has 9 heteroatoms. The number of thiophene rings is 1. The van der Waals surface area contributed by atoms with Crippen LogP contribution in [0.1, 0.15) is 33.8 Å². The predicted octanol–water partition coefficient (Wildman–Crippen LogP) is 4.82. The number of fused-ring (bicyclic) bond motifs is 1. The Bertz CT molecular complexity index is 1450. The minimum Gasteiger partial charge on any atom is -0.504 e. The van der Waals surface area contributed by atoms with E-state index in [1.54, 1.807) is 36.6 Å². The fourth-order valence-corrected chi connectivity index (χ4v) is 4.79. The van der Waals surface area contributed by atoms with Crippen LogP contribution in [0.2, 0.25) is 0 Å². The number of Topliss-reactive ketones (excluding diaryl/α,β-unsaturated/α-hetero) is 1. The van der Waals surface area contributed by atoms with Gasteiger partial charge in [0.2, 0.25) is 11.7 Å². The second kappa shape index (κ2) is 8.35. The van der Waals surface area contributed by atoms with Gasteiger partial charge in [-0.1, -0.05) is 18.2 Å². The van der Waals surface area contributed by atoms with Gasteiger partial charge in [-0.25, -0.2) is 4.98 Å². The first-order valence-electron chi connectivity index (χ1n) is 10.7. The highest BCUT2D eigenvalue weighted by Gasteiger charge is 2.46. The lowest BCUT2D eigenvalue weighted by Crippen LogP contribution is -2.32. The summed E-state index contributed by atoms with van der Waals surface area (Å²) in [6.45, 7) is 4.04. The molecule has 2 aromatic carbocycles. The maximum Gasteiger partial charge on any atom is 0.296 e. The van der Waals surface area contributed by atoms with Gasteiger partial charge in [-0.2, -0.15) is 0 Å². The highest BCUT2D eigenvalue weighted by molar-refractivity contribution is 7.12. The highest BCUT2D eigenvalue weighted by atomic mass is 32.1. The number of nitrogens with zero attached hydrogens (tertiary/aromatic N) is 2. The van der Waals surface area contributed by atoms with E-state index in [0.29, 0.717) is 22.6 Å². The van der Waals surface area contributed by atoms with E-state index in [-0.39, 0.29) is 23.0 Å². The van der Waals surface area contributed by atoms with Crippen molar-refractivity contribution >= 4 is 40.0 Å². The zero-order valence-electron chi connectivity index (χ0n) is 18.4. The maximum absolute atomic E-state index is 13.4. The summed E-state index contributed by atoms with van der Waals surface area (Å²) in [5.74, 6) is -1.49. The number of aliphatic hydroxyl groups is 1. The Morgan fingerprint density at radius 3 is 2.76 bits per heavy atom. The van der Waals surface area contributed by atoms with Crippen LogP contribution in [0.15, 0.2) is 65.2 Å². The number of hydrogen-bond donors (Lipinski definition) is 3. The molecule has 0 aliphatic carbocycles. The van der Waals surface area contributed by atoms with E-state index in [4.69, 9.17) is 4.74 Å². The van der Waals surface area contributed by atoms with Crippen LogP contribution in [-0.2, 0) is 4.79 Å². The SMILES string of the molecule is CCOc1cc(C2C(C(=O)c3cccs3)=C(O)C(=O)N2c2nc3ccc(C)cc3[nH]2)ccc1O. The lowest BCUT2D eigenvalue weighted by atomic mass is 9.95. The molecule has 2 aromatic heterocycles. The molecule has 0 fully saturated rings. The molecule has 0 spiro atoms. The third-order valence-corrected chi connectivity index (χ3v) is 6.52. The van der Waals surface area contributed by atoms with Crippen molar-refractivity contribution in [3.05, 3.63) is 81.2 Å². The maximum atomic E-state index is 13.4. The Morgan fingerprint density at radius 1 is 1.21 bits per heavy atom. The van der Waals surface area contributed by atoms with Gasteiger partial charge < -0.3 is 19.9 Å². The molecule has 0 saturated carbocycles. The molecule has 3 heterocycles. The molecule has 1 unspecified atom stereocenters. The second-order valence-corrected chi connectivity index (χ2v) is 8.84. The molecule has 5 rings (SSSR count). The zero-order chi connectivity index (χ0) is 24.0. The van der Waals surface area contributed by atoms with Gasteiger partial charge in [0.05, 0.1) is 34.1 Å². The fraction of sp³-hybridized carbons (Fsp3) is 0.160. The molecular weight excluding hydrogens is 454 g/mol. The second-order valence-electron chi connectivity index (χ2n) is 7.89. The minimum absolute atomic E-state index is 0.0581. The number of carbonyl (C=O) groups is 2. The number of phenols is 1. The van der Waals surface area contributed by atoms with Gasteiger partial charge in [-0.15, -0.1) is 11.3 Å². The van der Waals surface area contributed by atoms with Crippen LogP contribution in [0.5, 0.6) is 11.5 Å². The smallest absolute Gasteiger partial charge is 0.296 e. The molecular formula is C25H21N3O5S. The van der Waals surface area contributed by atoms with Gasteiger partial charge in [0.1, 0.15) is 0 Å². The average molecular weight is 476 g/mol. The number of aromatic amines is 1. The summed E-state index contributed by atoms with van der Waals surface area (Å²) in [6.07, 6.45) is 0. The monoisotopic (exact) mass is 475 g/mol. The van der Waals surface area contributed by atoms with Gasteiger partial charge in [0.15, 0.2) is 17.3 Å². The van der Waals surface area contributed by atoms with Crippen molar-refractivity contribution in [3.8, 4) is 11.5 Å². The Balaban J connectivity index is 1.69. The molecule has 0 bridgehead atoms. The van der Waals surface area contributed by atoms with Crippen molar-refractivity contribution in [1.29, 1.82) is 0 Å². The summed E-state index contributed by atoms with van der Waals surface area (Å²) in [4.78, 5) is 36.1. The van der Waals surface area contributed by atoms with Crippen molar-refractivity contribution in [2.24, 2.45) is 0 Å². The van der Waals surface area contributed by atoms with Crippen LogP contribution < -0.4 is 9.64 Å². The fourth-order valence-electron chi connectivity index (χ4n) is 4.11. The number of aliphatic hydroxyl groups excluding tert-OH is 1. The summed E-state index contributed by atoms with van der Waals surface area (Å²) in [5, 5.41) is 22.8. The van der Waals surface area contributed by atoms with E-state index in [0.717, 1.165) is 11.1 Å². The lowest BCUT2D eigenvalue weighted by Gasteiger charge is -2.25. The summed E-state index contributed by atoms with van der Waals surface area (Å²) in [5.41, 5.74) is 2.80. The number of aryl methyl sites for hydroxylation is 1. The Labute approximate surface area is 198 Å². The Hall–Kier alpha value is -4.11. The van der Waals surface area contributed by atoms with Crippen molar-refractivity contribution in [2.45, 2.75) is 19.9 Å². The largest absolute Gasteiger partial charge is 0.504 e. The number of carbonyl (C=O) groups excluding carboxylic acids is 2. The summed E-state index contributed by atoms with van der Waals surface area (Å²) < 4.78 is 5.52. The first-order valence-corrected chi connectivity index (χ1v) is 11.5. The molecule has 172 valence electrons. The summed E-state index contributed by atoms with van der Waals surface area (Å²) in [6, 6.07) is 12.6. The number of H-pyrrole nitrogens is 1. The number of amides is 1. The Kier molecular flexibility index (Phi) is 5.33. The van der Waals surface area contributed by atoms with Crippen molar-refractivity contribution < 1.29 is 24.5 Å². The number of phenolic OH excluding ortho intramolecular Hbond substituents is 1. The quantitative estimate of drug-likeness (QED) is 0.344. The van der Waals surface area contributed by atoms with E-state index < -0.39 is 23.5 Å². The number of ether oxygens (including phenoxy) is 1. The number of aromatic nitrogens is 2. The molecule has 0 radical (unpaired) electrons. The summed E-state index contributed by atoms with van der Waals surface area (Å²) in [7, 11) is 0. The minimum atomic E-state index is -0.983. The van der Waals surface area contributed by atoms with E-state index in [2.05, 4.69) is 9.97 Å². The standard InChI is InChI=1S/C25H21N3O5S/c1-3-33-18-12-14(7-9-17(18)29)21-20(22(30)19-5-4-10-34-19)23(31)24(32)28(21)25-26-15-8-6-13(2)11-16(15)27-25/h4-12,21,29,31H,3H2,1-2H3,(H,26,27). The number of nitrogens with one attached hydrogen (secondary N) is 1. The Morgan fingerprint density at radius 2 is 2.03 bits per heavy atom. The summed E-state index contributed by atoms with van der Waals surface area (Å²) >= 11 is 1.22. The number of hydrogen-bond acceptors (Lipinski definition) is 7. The van der Waals surface area contributed by atoms with Crippen LogP contribution in [0, 0.1) is 6.92 Å². The highest BCUT2D eigenvalue weighted by Crippen LogP contribution is 2.43. The normalized spacial score (nSPS) is 16.0. The van der Waals surface area contributed by atoms with E-state index in [1.807, 2.05) is 25.1 Å². The molecule has 8 nitrogen and oxygen atoms in total. The lowest BCUT2D eigenvalue weighted by molar-refractivity contribution is -0.117.